The van der Waals surface area contributed by atoms with Crippen molar-refractivity contribution in [3.8, 4) is 0 Å². The Morgan fingerprint density at radius 2 is 2.14 bits per heavy atom. The van der Waals surface area contributed by atoms with Crippen molar-refractivity contribution in [3.05, 3.63) is 0 Å². The van der Waals surface area contributed by atoms with E-state index in [2.05, 4.69) is 4.90 Å². The SMILES string of the molecule is NCC1CCCC1N1CCC(CO)C1. The normalized spacial score (nSPS) is 39.4. The number of nitrogens with two attached hydrogens (primary N) is 1. The highest BCUT2D eigenvalue weighted by molar-refractivity contribution is 4.89. The second kappa shape index (κ2) is 4.60. The lowest BCUT2D eigenvalue weighted by molar-refractivity contribution is 0.174. The molecule has 82 valence electrons. The van der Waals surface area contributed by atoms with Crippen molar-refractivity contribution >= 4 is 0 Å². The molecule has 3 nitrogen and oxygen atoms in total. The van der Waals surface area contributed by atoms with Crippen molar-refractivity contribution in [2.45, 2.75) is 31.7 Å². The molecule has 0 amide bonds. The van der Waals surface area contributed by atoms with Crippen LogP contribution in [0.4, 0.5) is 0 Å². The fourth-order valence-electron chi connectivity index (χ4n) is 3.09. The van der Waals surface area contributed by atoms with Crippen LogP contribution >= 0.6 is 0 Å². The third-order valence-electron chi connectivity index (χ3n) is 3.97. The van der Waals surface area contributed by atoms with Crippen LogP contribution in [0, 0.1) is 11.8 Å². The number of aliphatic hydroxyl groups excluding tert-OH is 1. The molecule has 1 heterocycles. The molecule has 2 rings (SSSR count). The van der Waals surface area contributed by atoms with E-state index in [0.29, 0.717) is 18.4 Å². The first kappa shape index (κ1) is 10.4. The summed E-state index contributed by atoms with van der Waals surface area (Å²) >= 11 is 0. The average Bonchev–Trinajstić information content (AvgIpc) is 2.85. The quantitative estimate of drug-likeness (QED) is 0.691. The first-order valence-corrected chi connectivity index (χ1v) is 5.90. The maximum atomic E-state index is 9.10. The summed E-state index contributed by atoms with van der Waals surface area (Å²) < 4.78 is 0. The fourth-order valence-corrected chi connectivity index (χ4v) is 3.09. The Balaban J connectivity index is 1.89. The summed E-state index contributed by atoms with van der Waals surface area (Å²) in [6, 6.07) is 0.719. The van der Waals surface area contributed by atoms with Crippen molar-refractivity contribution in [3.63, 3.8) is 0 Å². The molecule has 0 bridgehead atoms. The highest BCUT2D eigenvalue weighted by Crippen LogP contribution is 2.32. The van der Waals surface area contributed by atoms with Gasteiger partial charge in [-0.2, -0.15) is 0 Å². The molecule has 0 aromatic carbocycles. The van der Waals surface area contributed by atoms with Gasteiger partial charge in [-0.1, -0.05) is 6.42 Å². The third-order valence-corrected chi connectivity index (χ3v) is 3.97. The molecule has 0 aromatic heterocycles. The van der Waals surface area contributed by atoms with Crippen molar-refractivity contribution < 1.29 is 5.11 Å². The molecule has 1 aliphatic carbocycles. The van der Waals surface area contributed by atoms with Gasteiger partial charge >= 0.3 is 0 Å². The van der Waals surface area contributed by atoms with E-state index in [9.17, 15) is 0 Å². The van der Waals surface area contributed by atoms with E-state index >= 15 is 0 Å². The molecule has 14 heavy (non-hydrogen) atoms. The largest absolute Gasteiger partial charge is 0.396 e. The van der Waals surface area contributed by atoms with Crippen LogP contribution in [-0.4, -0.2) is 42.3 Å². The van der Waals surface area contributed by atoms with E-state index in [1.165, 1.54) is 32.2 Å². The summed E-state index contributed by atoms with van der Waals surface area (Å²) in [4.78, 5) is 2.56. The van der Waals surface area contributed by atoms with Gasteiger partial charge in [0.25, 0.3) is 0 Å². The molecule has 3 atom stereocenters. The molecule has 1 aliphatic heterocycles. The van der Waals surface area contributed by atoms with Crippen molar-refractivity contribution in [2.75, 3.05) is 26.2 Å². The lowest BCUT2D eigenvalue weighted by atomic mass is 10.0. The highest BCUT2D eigenvalue weighted by Gasteiger charge is 2.34. The van der Waals surface area contributed by atoms with Crippen LogP contribution in [0.5, 0.6) is 0 Å². The first-order chi connectivity index (χ1) is 6.85. The molecular formula is C11H22N2O. The number of hydrogen-bond donors (Lipinski definition) is 2. The van der Waals surface area contributed by atoms with E-state index in [4.69, 9.17) is 10.8 Å². The van der Waals surface area contributed by atoms with Crippen LogP contribution in [0.3, 0.4) is 0 Å². The molecule has 0 aromatic rings. The van der Waals surface area contributed by atoms with Crippen molar-refractivity contribution in [2.24, 2.45) is 17.6 Å². The Morgan fingerprint density at radius 3 is 2.79 bits per heavy atom. The van der Waals surface area contributed by atoms with Crippen LogP contribution in [0.2, 0.25) is 0 Å². The van der Waals surface area contributed by atoms with Gasteiger partial charge in [0.2, 0.25) is 0 Å². The third kappa shape index (κ3) is 1.95. The van der Waals surface area contributed by atoms with Crippen molar-refractivity contribution in [1.82, 2.24) is 4.90 Å². The van der Waals surface area contributed by atoms with Gasteiger partial charge in [-0.25, -0.2) is 0 Å². The summed E-state index contributed by atoms with van der Waals surface area (Å²) in [5, 5.41) is 9.10. The minimum Gasteiger partial charge on any atom is -0.396 e. The minimum absolute atomic E-state index is 0.358. The van der Waals surface area contributed by atoms with Crippen LogP contribution in [0.15, 0.2) is 0 Å². The van der Waals surface area contributed by atoms with Crippen LogP contribution in [-0.2, 0) is 0 Å². The number of hydrogen-bond acceptors (Lipinski definition) is 3. The standard InChI is InChI=1S/C11H22N2O/c12-6-10-2-1-3-11(10)13-5-4-9(7-13)8-14/h9-11,14H,1-8,12H2. The predicted molar refractivity (Wildman–Crippen MR) is 56.9 cm³/mol. The summed E-state index contributed by atoms with van der Waals surface area (Å²) in [6.45, 7) is 3.46. The minimum atomic E-state index is 0.358. The number of aliphatic hydroxyl groups is 1. The molecule has 3 N–H and O–H groups in total. The van der Waals surface area contributed by atoms with Gasteiger partial charge in [0.1, 0.15) is 0 Å². The summed E-state index contributed by atoms with van der Waals surface area (Å²) in [5.74, 6) is 1.24. The topological polar surface area (TPSA) is 49.5 Å². The summed E-state index contributed by atoms with van der Waals surface area (Å²) in [6.07, 6.45) is 5.14. The summed E-state index contributed by atoms with van der Waals surface area (Å²) in [5.41, 5.74) is 5.78. The Labute approximate surface area is 86.3 Å². The molecule has 2 fully saturated rings. The molecular weight excluding hydrogens is 176 g/mol. The highest BCUT2D eigenvalue weighted by atomic mass is 16.3. The van der Waals surface area contributed by atoms with E-state index in [-0.39, 0.29) is 0 Å². The zero-order chi connectivity index (χ0) is 9.97. The van der Waals surface area contributed by atoms with Gasteiger partial charge < -0.3 is 10.8 Å². The monoisotopic (exact) mass is 198 g/mol. The van der Waals surface area contributed by atoms with Crippen LogP contribution < -0.4 is 5.73 Å². The fraction of sp³-hybridized carbons (Fsp3) is 1.00. The zero-order valence-electron chi connectivity index (χ0n) is 8.86. The molecule has 3 heteroatoms. The van der Waals surface area contributed by atoms with Gasteiger partial charge in [0.15, 0.2) is 0 Å². The molecule has 1 saturated carbocycles. The maximum Gasteiger partial charge on any atom is 0.0471 e. The molecule has 2 aliphatic rings. The second-order valence-electron chi connectivity index (χ2n) is 4.83. The maximum absolute atomic E-state index is 9.10. The van der Waals surface area contributed by atoms with Crippen LogP contribution in [0.25, 0.3) is 0 Å². The number of nitrogens with zero attached hydrogens (tertiary/aromatic N) is 1. The van der Waals surface area contributed by atoms with E-state index in [0.717, 1.165) is 19.1 Å². The van der Waals surface area contributed by atoms with Gasteiger partial charge in [0.05, 0.1) is 0 Å². The van der Waals surface area contributed by atoms with Gasteiger partial charge in [-0.15, -0.1) is 0 Å². The van der Waals surface area contributed by atoms with Crippen molar-refractivity contribution in [1.29, 1.82) is 0 Å². The molecule has 3 unspecified atom stereocenters. The Hall–Kier alpha value is -0.120. The number of rotatable bonds is 3. The Bertz CT molecular complexity index is 186. The molecule has 1 saturated heterocycles. The van der Waals surface area contributed by atoms with E-state index < -0.39 is 0 Å². The predicted octanol–water partition coefficient (Wildman–Crippen LogP) is 0.428. The average molecular weight is 198 g/mol. The lowest BCUT2D eigenvalue weighted by Gasteiger charge is -2.28. The van der Waals surface area contributed by atoms with Gasteiger partial charge in [-0.05, 0) is 44.2 Å². The van der Waals surface area contributed by atoms with Gasteiger partial charge in [0, 0.05) is 19.2 Å². The Kier molecular flexibility index (Phi) is 3.42. The van der Waals surface area contributed by atoms with E-state index in [1.54, 1.807) is 0 Å². The second-order valence-corrected chi connectivity index (χ2v) is 4.83. The smallest absolute Gasteiger partial charge is 0.0471 e. The first-order valence-electron chi connectivity index (χ1n) is 5.90. The van der Waals surface area contributed by atoms with Crippen LogP contribution in [0.1, 0.15) is 25.7 Å². The van der Waals surface area contributed by atoms with Gasteiger partial charge in [-0.3, -0.25) is 4.90 Å². The molecule has 0 spiro atoms. The Morgan fingerprint density at radius 1 is 1.29 bits per heavy atom. The summed E-state index contributed by atoms with van der Waals surface area (Å²) in [7, 11) is 0. The molecule has 0 radical (unpaired) electrons. The lowest BCUT2D eigenvalue weighted by Crippen LogP contribution is -2.39. The zero-order valence-corrected chi connectivity index (χ0v) is 8.86. The number of likely N-dealkylation sites (tertiary alicyclic amines) is 1. The van der Waals surface area contributed by atoms with E-state index in [1.807, 2.05) is 0 Å².